The van der Waals surface area contributed by atoms with Crippen LogP contribution < -0.4 is 14.8 Å². The van der Waals surface area contributed by atoms with Gasteiger partial charge in [0.25, 0.3) is 0 Å². The van der Waals surface area contributed by atoms with E-state index in [4.69, 9.17) is 9.47 Å². The normalized spacial score (nSPS) is 13.4. The van der Waals surface area contributed by atoms with Gasteiger partial charge in [-0.25, -0.2) is 0 Å². The van der Waals surface area contributed by atoms with E-state index in [1.165, 1.54) is 11.1 Å². The predicted molar refractivity (Wildman–Crippen MR) is 59.2 cm³/mol. The Morgan fingerprint density at radius 2 is 2.33 bits per heavy atom. The van der Waals surface area contributed by atoms with Crippen molar-refractivity contribution in [3.63, 3.8) is 0 Å². The first-order chi connectivity index (χ1) is 7.36. The average Bonchev–Trinajstić information content (AvgIpc) is 2.73. The van der Waals surface area contributed by atoms with Crippen LogP contribution in [0.1, 0.15) is 11.1 Å². The van der Waals surface area contributed by atoms with Crippen LogP contribution in [0.3, 0.4) is 0 Å². The summed E-state index contributed by atoms with van der Waals surface area (Å²) in [4.78, 5) is 0. The summed E-state index contributed by atoms with van der Waals surface area (Å²) in [5, 5.41) is 3.29. The summed E-state index contributed by atoms with van der Waals surface area (Å²) in [6, 6.07) is 4.03. The summed E-state index contributed by atoms with van der Waals surface area (Å²) in [6.07, 6.45) is 1.74. The molecule has 0 atom stereocenters. The van der Waals surface area contributed by atoms with E-state index < -0.39 is 0 Å². The molecule has 80 valence electrons. The van der Waals surface area contributed by atoms with E-state index >= 15 is 0 Å². The first-order valence-corrected chi connectivity index (χ1v) is 5.00. The lowest BCUT2D eigenvalue weighted by molar-refractivity contribution is 0.323. The Labute approximate surface area is 89.7 Å². The van der Waals surface area contributed by atoms with E-state index in [2.05, 4.69) is 18.0 Å². The average molecular weight is 205 g/mol. The molecule has 0 radical (unpaired) electrons. The van der Waals surface area contributed by atoms with E-state index in [9.17, 15) is 0 Å². The number of benzene rings is 1. The van der Waals surface area contributed by atoms with E-state index in [0.717, 1.165) is 24.6 Å². The Morgan fingerprint density at radius 1 is 1.47 bits per heavy atom. The van der Waals surface area contributed by atoms with E-state index in [1.807, 2.05) is 6.07 Å². The minimum atomic E-state index is 0.507. The largest absolute Gasteiger partial charge is 0.493 e. The van der Waals surface area contributed by atoms with Gasteiger partial charge in [-0.1, -0.05) is 18.7 Å². The van der Waals surface area contributed by atoms with Gasteiger partial charge < -0.3 is 14.8 Å². The van der Waals surface area contributed by atoms with Crippen LogP contribution in [0.4, 0.5) is 0 Å². The molecular weight excluding hydrogens is 190 g/mol. The number of hydrogen-bond donors (Lipinski definition) is 1. The maximum absolute atomic E-state index is 5.64. The second kappa shape index (κ2) is 4.36. The van der Waals surface area contributed by atoms with Crippen LogP contribution >= 0.6 is 0 Å². The lowest BCUT2D eigenvalue weighted by atomic mass is 10.1. The van der Waals surface area contributed by atoms with Crippen LogP contribution in [0.2, 0.25) is 0 Å². The van der Waals surface area contributed by atoms with Crippen molar-refractivity contribution in [3.05, 3.63) is 35.9 Å². The zero-order valence-electron chi connectivity index (χ0n) is 8.88. The molecule has 1 aromatic rings. The number of rotatable bonds is 4. The van der Waals surface area contributed by atoms with Crippen molar-refractivity contribution in [1.82, 2.24) is 5.32 Å². The van der Waals surface area contributed by atoms with Gasteiger partial charge in [0, 0.05) is 18.7 Å². The third-order valence-corrected chi connectivity index (χ3v) is 2.50. The molecule has 1 aliphatic heterocycles. The molecule has 0 saturated heterocycles. The van der Waals surface area contributed by atoms with Gasteiger partial charge in [0.15, 0.2) is 11.5 Å². The van der Waals surface area contributed by atoms with Crippen molar-refractivity contribution in [2.45, 2.75) is 13.1 Å². The molecule has 0 aliphatic carbocycles. The Morgan fingerprint density at radius 3 is 3.07 bits per heavy atom. The molecule has 0 fully saturated rings. The van der Waals surface area contributed by atoms with Crippen molar-refractivity contribution in [3.8, 4) is 11.5 Å². The molecule has 1 aliphatic rings. The van der Waals surface area contributed by atoms with Crippen LogP contribution in [-0.4, -0.2) is 13.7 Å². The first-order valence-electron chi connectivity index (χ1n) is 5.00. The fraction of sp³-hybridized carbons (Fsp3) is 0.333. The topological polar surface area (TPSA) is 30.5 Å². The van der Waals surface area contributed by atoms with Gasteiger partial charge in [-0.15, -0.1) is 0 Å². The highest BCUT2D eigenvalue weighted by Crippen LogP contribution is 2.35. The number of methoxy groups -OCH3 is 1. The molecule has 0 amide bonds. The molecule has 3 heteroatoms. The van der Waals surface area contributed by atoms with E-state index in [-0.39, 0.29) is 0 Å². The third kappa shape index (κ3) is 1.83. The molecule has 1 heterocycles. The maximum atomic E-state index is 5.64. The number of nitrogens with one attached hydrogen (secondary N) is 1. The Hall–Kier alpha value is -1.48. The summed E-state index contributed by atoms with van der Waals surface area (Å²) in [7, 11) is 1.66. The van der Waals surface area contributed by atoms with Crippen LogP contribution in [0, 0.1) is 0 Å². The molecule has 3 nitrogen and oxygen atoms in total. The quantitative estimate of drug-likeness (QED) is 0.761. The molecule has 0 bridgehead atoms. The van der Waals surface area contributed by atoms with Crippen molar-refractivity contribution >= 4 is 0 Å². The third-order valence-electron chi connectivity index (χ3n) is 2.50. The van der Waals surface area contributed by atoms with Gasteiger partial charge in [0.2, 0.25) is 0 Å². The van der Waals surface area contributed by atoms with Gasteiger partial charge in [-0.05, 0) is 11.6 Å². The highest BCUT2D eigenvalue weighted by atomic mass is 16.5. The van der Waals surface area contributed by atoms with Crippen LogP contribution in [0.25, 0.3) is 0 Å². The summed E-state index contributed by atoms with van der Waals surface area (Å²) < 4.78 is 10.9. The second-order valence-corrected chi connectivity index (χ2v) is 3.44. The van der Waals surface area contributed by atoms with Gasteiger partial charge >= 0.3 is 0 Å². The minimum Gasteiger partial charge on any atom is -0.493 e. The lowest BCUT2D eigenvalue weighted by Crippen LogP contribution is -2.02. The van der Waals surface area contributed by atoms with Crippen LogP contribution in [-0.2, 0) is 13.1 Å². The Kier molecular flexibility index (Phi) is 2.92. The van der Waals surface area contributed by atoms with E-state index in [1.54, 1.807) is 13.2 Å². The summed E-state index contributed by atoms with van der Waals surface area (Å²) in [5.74, 6) is 1.64. The molecule has 1 N–H and O–H groups in total. The fourth-order valence-electron chi connectivity index (χ4n) is 1.79. The monoisotopic (exact) mass is 205 g/mol. The van der Waals surface area contributed by atoms with Gasteiger partial charge in [0.1, 0.15) is 6.61 Å². The highest BCUT2D eigenvalue weighted by Gasteiger charge is 2.18. The fourth-order valence-corrected chi connectivity index (χ4v) is 1.79. The molecule has 0 aromatic heterocycles. The molecule has 0 spiro atoms. The first kappa shape index (κ1) is 10.1. The zero-order valence-corrected chi connectivity index (χ0v) is 8.88. The lowest BCUT2D eigenvalue weighted by Gasteiger charge is -2.13. The molecular formula is C12H15NO2. The zero-order chi connectivity index (χ0) is 10.7. The van der Waals surface area contributed by atoms with E-state index in [0.29, 0.717) is 6.61 Å². The maximum Gasteiger partial charge on any atom is 0.166 e. The molecule has 2 rings (SSSR count). The molecule has 15 heavy (non-hydrogen) atoms. The van der Waals surface area contributed by atoms with Crippen LogP contribution in [0.15, 0.2) is 24.8 Å². The Bertz CT molecular complexity index is 374. The van der Waals surface area contributed by atoms with Gasteiger partial charge in [-0.2, -0.15) is 0 Å². The molecule has 0 saturated carbocycles. The summed E-state index contributed by atoms with van der Waals surface area (Å²) in [6.45, 7) is 5.90. The van der Waals surface area contributed by atoms with Crippen LogP contribution in [0.5, 0.6) is 11.5 Å². The van der Waals surface area contributed by atoms with Gasteiger partial charge in [0.05, 0.1) is 7.11 Å². The SMILES string of the molecule is C=CCOc1c(OC)ccc2c1CNC2. The molecule has 1 aromatic carbocycles. The van der Waals surface area contributed by atoms with Crippen molar-refractivity contribution in [1.29, 1.82) is 0 Å². The van der Waals surface area contributed by atoms with Crippen molar-refractivity contribution < 1.29 is 9.47 Å². The summed E-state index contributed by atoms with van der Waals surface area (Å²) in [5.41, 5.74) is 2.49. The number of fused-ring (bicyclic) bond motifs is 1. The second-order valence-electron chi connectivity index (χ2n) is 3.44. The smallest absolute Gasteiger partial charge is 0.166 e. The van der Waals surface area contributed by atoms with Crippen molar-refractivity contribution in [2.24, 2.45) is 0 Å². The van der Waals surface area contributed by atoms with Crippen molar-refractivity contribution in [2.75, 3.05) is 13.7 Å². The standard InChI is InChI=1S/C12H15NO2/c1-3-6-15-12-10-8-13-7-9(10)4-5-11(12)14-2/h3-5,13H,1,6-8H2,2H3. The highest BCUT2D eigenvalue weighted by molar-refractivity contribution is 5.52. The number of ether oxygens (including phenoxy) is 2. The summed E-state index contributed by atoms with van der Waals surface area (Å²) >= 11 is 0. The molecule has 0 unspecified atom stereocenters. The predicted octanol–water partition coefficient (Wildman–Crippen LogP) is 1.86. The Balaban J connectivity index is 2.37. The van der Waals surface area contributed by atoms with Gasteiger partial charge in [-0.3, -0.25) is 0 Å². The number of hydrogen-bond acceptors (Lipinski definition) is 3. The minimum absolute atomic E-state index is 0.507.